The lowest BCUT2D eigenvalue weighted by molar-refractivity contribution is 0.630. The van der Waals surface area contributed by atoms with Crippen LogP contribution >= 0.6 is 22.6 Å². The summed E-state index contributed by atoms with van der Waals surface area (Å²) in [5.41, 5.74) is 2.92. The van der Waals surface area contributed by atoms with Gasteiger partial charge >= 0.3 is 0 Å². The fraction of sp³-hybridized carbons (Fsp3) is 0.0714. The van der Waals surface area contributed by atoms with Crippen LogP contribution in [0.15, 0.2) is 48.5 Å². The van der Waals surface area contributed by atoms with Gasteiger partial charge in [-0.25, -0.2) is 0 Å². The molecule has 0 radical (unpaired) electrons. The van der Waals surface area contributed by atoms with Crippen LogP contribution in [0.5, 0.6) is 0 Å². The number of halogens is 1. The maximum Gasteiger partial charge on any atom is 0.206 e. The van der Waals surface area contributed by atoms with Gasteiger partial charge in [-0.3, -0.25) is 0 Å². The molecule has 3 rings (SSSR count). The van der Waals surface area contributed by atoms with Crippen LogP contribution in [0, 0.1) is 3.57 Å². The summed E-state index contributed by atoms with van der Waals surface area (Å²) in [6.45, 7) is 0. The number of para-hydroxylation sites is 1. The van der Waals surface area contributed by atoms with Crippen LogP contribution in [0.1, 0.15) is 0 Å². The van der Waals surface area contributed by atoms with Gasteiger partial charge in [0, 0.05) is 20.5 Å². The maximum absolute atomic E-state index is 4.25. The first kappa shape index (κ1) is 13.0. The number of nitrogens with zero attached hydrogens (tertiary/aromatic N) is 4. The van der Waals surface area contributed by atoms with E-state index >= 15 is 0 Å². The molecule has 0 atom stereocenters. The van der Waals surface area contributed by atoms with Crippen molar-refractivity contribution in [1.29, 1.82) is 0 Å². The molecule has 100 valence electrons. The Balaban J connectivity index is 1.96. The zero-order valence-corrected chi connectivity index (χ0v) is 12.9. The van der Waals surface area contributed by atoms with Crippen molar-refractivity contribution < 1.29 is 0 Å². The molecule has 0 spiro atoms. The average Bonchev–Trinajstić information content (AvgIpc) is 2.88. The van der Waals surface area contributed by atoms with Gasteiger partial charge in [0.2, 0.25) is 5.82 Å². The van der Waals surface area contributed by atoms with Crippen LogP contribution in [0.4, 0.5) is 11.4 Å². The monoisotopic (exact) mass is 377 g/mol. The lowest BCUT2D eigenvalue weighted by atomic mass is 10.1. The van der Waals surface area contributed by atoms with Crippen molar-refractivity contribution in [3.8, 4) is 11.4 Å². The topological polar surface area (TPSA) is 55.6 Å². The Morgan fingerprint density at radius 3 is 2.50 bits per heavy atom. The second kappa shape index (κ2) is 5.58. The summed E-state index contributed by atoms with van der Waals surface area (Å²) in [6, 6.07) is 16.1. The minimum absolute atomic E-state index is 0.612. The number of hydrogen-bond acceptors (Lipinski definition) is 4. The number of anilines is 2. The number of aryl methyl sites for hydroxylation is 1. The minimum atomic E-state index is 0.612. The molecule has 0 unspecified atom stereocenters. The van der Waals surface area contributed by atoms with Gasteiger partial charge in [-0.2, -0.15) is 4.80 Å². The van der Waals surface area contributed by atoms with Gasteiger partial charge < -0.3 is 5.32 Å². The molecule has 0 aliphatic carbocycles. The normalized spacial score (nSPS) is 10.5. The summed E-state index contributed by atoms with van der Waals surface area (Å²) < 4.78 is 1.21. The second-order valence-electron chi connectivity index (χ2n) is 4.28. The molecule has 1 heterocycles. The molecule has 2 aromatic carbocycles. The number of aromatic nitrogens is 4. The second-order valence-corrected chi connectivity index (χ2v) is 5.53. The summed E-state index contributed by atoms with van der Waals surface area (Å²) in [5, 5.41) is 15.6. The van der Waals surface area contributed by atoms with E-state index in [1.807, 2.05) is 36.4 Å². The Bertz CT molecular complexity index is 720. The molecular weight excluding hydrogens is 365 g/mol. The first-order valence-corrected chi connectivity index (χ1v) is 7.16. The molecule has 0 fully saturated rings. The first-order chi connectivity index (χ1) is 9.72. The fourth-order valence-corrected chi connectivity index (χ4v) is 2.23. The van der Waals surface area contributed by atoms with Crippen LogP contribution in [-0.2, 0) is 7.05 Å². The van der Waals surface area contributed by atoms with E-state index in [1.165, 1.54) is 8.37 Å². The number of rotatable bonds is 3. The van der Waals surface area contributed by atoms with Gasteiger partial charge in [-0.05, 0) is 64.2 Å². The Kier molecular flexibility index (Phi) is 3.64. The Morgan fingerprint density at radius 2 is 1.80 bits per heavy atom. The molecule has 3 aromatic rings. The van der Waals surface area contributed by atoms with E-state index < -0.39 is 0 Å². The number of tetrazole rings is 1. The van der Waals surface area contributed by atoms with Crippen molar-refractivity contribution in [2.45, 2.75) is 0 Å². The van der Waals surface area contributed by atoms with E-state index in [4.69, 9.17) is 0 Å². The van der Waals surface area contributed by atoms with Crippen molar-refractivity contribution in [1.82, 2.24) is 20.2 Å². The summed E-state index contributed by atoms with van der Waals surface area (Å²) in [5.74, 6) is 0.612. The van der Waals surface area contributed by atoms with Crippen molar-refractivity contribution in [2.75, 3.05) is 5.32 Å². The number of hydrogen-bond donors (Lipinski definition) is 1. The summed E-state index contributed by atoms with van der Waals surface area (Å²) >= 11 is 2.29. The first-order valence-electron chi connectivity index (χ1n) is 6.08. The molecule has 0 saturated carbocycles. The van der Waals surface area contributed by atoms with Gasteiger partial charge in [-0.1, -0.05) is 12.1 Å². The van der Waals surface area contributed by atoms with Crippen LogP contribution in [0.2, 0.25) is 0 Å². The molecule has 0 saturated heterocycles. The number of benzene rings is 2. The lowest BCUT2D eigenvalue weighted by Crippen LogP contribution is -1.95. The van der Waals surface area contributed by atoms with E-state index in [9.17, 15) is 0 Å². The molecule has 1 N–H and O–H groups in total. The molecule has 0 bridgehead atoms. The van der Waals surface area contributed by atoms with Crippen molar-refractivity contribution >= 4 is 34.0 Å². The highest BCUT2D eigenvalue weighted by atomic mass is 127. The Morgan fingerprint density at radius 1 is 1.05 bits per heavy atom. The average molecular weight is 377 g/mol. The fourth-order valence-electron chi connectivity index (χ4n) is 1.87. The van der Waals surface area contributed by atoms with Crippen LogP contribution in [0.3, 0.4) is 0 Å². The maximum atomic E-state index is 4.25. The van der Waals surface area contributed by atoms with Gasteiger partial charge in [0.25, 0.3) is 0 Å². The van der Waals surface area contributed by atoms with Gasteiger partial charge in [-0.15, -0.1) is 10.2 Å². The highest BCUT2D eigenvalue weighted by molar-refractivity contribution is 14.1. The lowest BCUT2D eigenvalue weighted by Gasteiger charge is -2.09. The summed E-state index contributed by atoms with van der Waals surface area (Å²) in [6.07, 6.45) is 0. The molecular formula is C14H12IN5. The minimum Gasteiger partial charge on any atom is -0.355 e. The molecule has 0 aliphatic rings. The molecule has 0 amide bonds. The number of nitrogens with one attached hydrogen (secondary N) is 1. The zero-order chi connectivity index (χ0) is 13.9. The standard InChI is InChI=1S/C14H12IN5/c1-20-18-14(17-19-20)12-4-2-3-5-13(12)16-11-8-6-10(15)7-9-11/h2-9,16H,1H3. The Hall–Kier alpha value is -1.96. The van der Waals surface area contributed by atoms with Gasteiger partial charge in [0.05, 0.1) is 7.05 Å². The van der Waals surface area contributed by atoms with Crippen LogP contribution < -0.4 is 5.32 Å². The zero-order valence-electron chi connectivity index (χ0n) is 10.8. The predicted molar refractivity (Wildman–Crippen MR) is 86.7 cm³/mol. The summed E-state index contributed by atoms with van der Waals surface area (Å²) in [4.78, 5) is 1.46. The van der Waals surface area contributed by atoms with Gasteiger partial charge in [0.1, 0.15) is 0 Å². The molecule has 20 heavy (non-hydrogen) atoms. The third-order valence-corrected chi connectivity index (χ3v) is 3.52. The smallest absolute Gasteiger partial charge is 0.206 e. The third kappa shape index (κ3) is 2.79. The molecule has 0 aliphatic heterocycles. The van der Waals surface area contributed by atoms with E-state index in [1.54, 1.807) is 7.05 Å². The van der Waals surface area contributed by atoms with Crippen molar-refractivity contribution in [3.05, 3.63) is 52.1 Å². The van der Waals surface area contributed by atoms with Crippen molar-refractivity contribution in [3.63, 3.8) is 0 Å². The predicted octanol–water partition coefficient (Wildman–Crippen LogP) is 3.23. The molecule has 1 aromatic heterocycles. The molecule has 5 nitrogen and oxygen atoms in total. The SMILES string of the molecule is Cn1nnc(-c2ccccc2Nc2ccc(I)cc2)n1. The van der Waals surface area contributed by atoms with Gasteiger partial charge in [0.15, 0.2) is 0 Å². The third-order valence-electron chi connectivity index (χ3n) is 2.80. The quantitative estimate of drug-likeness (QED) is 0.713. The summed E-state index contributed by atoms with van der Waals surface area (Å²) in [7, 11) is 1.76. The molecule has 6 heteroatoms. The highest BCUT2D eigenvalue weighted by Crippen LogP contribution is 2.27. The van der Waals surface area contributed by atoms with E-state index in [2.05, 4.69) is 55.5 Å². The van der Waals surface area contributed by atoms with E-state index in [-0.39, 0.29) is 0 Å². The van der Waals surface area contributed by atoms with E-state index in [0.717, 1.165) is 16.9 Å². The van der Waals surface area contributed by atoms with Crippen LogP contribution in [0.25, 0.3) is 11.4 Å². The van der Waals surface area contributed by atoms with Crippen LogP contribution in [-0.4, -0.2) is 20.2 Å². The highest BCUT2D eigenvalue weighted by Gasteiger charge is 2.09. The van der Waals surface area contributed by atoms with Crippen molar-refractivity contribution in [2.24, 2.45) is 7.05 Å². The largest absolute Gasteiger partial charge is 0.355 e. The van der Waals surface area contributed by atoms with E-state index in [0.29, 0.717) is 5.82 Å². The Labute approximate surface area is 130 Å².